The van der Waals surface area contributed by atoms with E-state index in [2.05, 4.69) is 21.4 Å². The molecule has 13 nitrogen and oxygen atoms in total. The fraction of sp³-hybridized carbons (Fsp3) is 0.235. The van der Waals surface area contributed by atoms with Crippen LogP contribution in [0.1, 0.15) is 16.7 Å². The normalized spacial score (nSPS) is 17.7. The summed E-state index contributed by atoms with van der Waals surface area (Å²) in [5.41, 5.74) is 2.80. The number of hydrazine groups is 1. The molecule has 0 bridgehead atoms. The average molecular weight is 749 g/mol. The van der Waals surface area contributed by atoms with E-state index in [4.69, 9.17) is 11.6 Å². The van der Waals surface area contributed by atoms with Crippen LogP contribution < -0.4 is 78.7 Å². The van der Waals surface area contributed by atoms with Crippen molar-refractivity contribution < 1.29 is 92.4 Å². The third kappa shape index (κ3) is 9.61. The first kappa shape index (κ1) is 41.0. The molecule has 0 aliphatic carbocycles. The van der Waals surface area contributed by atoms with Crippen molar-refractivity contribution in [1.82, 2.24) is 30.1 Å². The van der Waals surface area contributed by atoms with Gasteiger partial charge in [-0.1, -0.05) is 66.2 Å². The molecule has 0 unspecified atom stereocenters. The van der Waals surface area contributed by atoms with E-state index < -0.39 is 26.1 Å². The summed E-state index contributed by atoms with van der Waals surface area (Å²) in [7, 11) is -5.27. The van der Waals surface area contributed by atoms with Crippen LogP contribution in [0.2, 0.25) is 5.02 Å². The SMILES string of the molecule is C=CCN1CC(=O)N2[C@@H](Cc3ccc(OP(=O)([O-])[O-])cc3)C(=O)N(Cc3ccc(Cl)c4cccnc34)C[C@@H]2N1C(=O)NCc1ccccc1.[Na+].[Na+]. The summed E-state index contributed by atoms with van der Waals surface area (Å²) in [4.78, 5) is 72.0. The molecule has 0 radical (unpaired) electrons. The Balaban J connectivity index is 0.00000292. The molecular formula is C34H32ClN6Na2O7P. The molecule has 2 saturated heterocycles. The van der Waals surface area contributed by atoms with Crippen molar-refractivity contribution in [2.75, 3.05) is 19.6 Å². The molecule has 3 heterocycles. The van der Waals surface area contributed by atoms with Gasteiger partial charge < -0.3 is 34.0 Å². The molecule has 3 aromatic carbocycles. The van der Waals surface area contributed by atoms with Crippen LogP contribution in [-0.2, 0) is 33.7 Å². The maximum atomic E-state index is 14.4. The largest absolute Gasteiger partial charge is 1.00 e. The molecule has 17 heteroatoms. The number of piperazine rings is 1. The second kappa shape index (κ2) is 17.8. The van der Waals surface area contributed by atoms with Gasteiger partial charge in [0.05, 0.1) is 18.6 Å². The number of fused-ring (bicyclic) bond motifs is 2. The van der Waals surface area contributed by atoms with Gasteiger partial charge in [-0.05, 0) is 47.0 Å². The van der Waals surface area contributed by atoms with Crippen LogP contribution in [0.15, 0.2) is 97.7 Å². The Bertz CT molecular complexity index is 1940. The van der Waals surface area contributed by atoms with Crippen LogP contribution in [0.4, 0.5) is 4.79 Å². The Kier molecular flexibility index (Phi) is 14.3. The minimum Gasteiger partial charge on any atom is -0.780 e. The van der Waals surface area contributed by atoms with Gasteiger partial charge in [-0.25, -0.2) is 14.8 Å². The summed E-state index contributed by atoms with van der Waals surface area (Å²) < 4.78 is 15.6. The number of aromatic nitrogens is 1. The van der Waals surface area contributed by atoms with E-state index in [9.17, 15) is 28.7 Å². The molecule has 2 aliphatic rings. The number of phosphoric acid groups is 1. The van der Waals surface area contributed by atoms with Crippen molar-refractivity contribution in [2.45, 2.75) is 31.7 Å². The van der Waals surface area contributed by atoms with E-state index in [-0.39, 0.29) is 116 Å². The fourth-order valence-electron chi connectivity index (χ4n) is 6.27. The van der Waals surface area contributed by atoms with Gasteiger partial charge in [0.2, 0.25) is 11.8 Å². The number of carbonyl (C=O) groups is 3. The summed E-state index contributed by atoms with van der Waals surface area (Å²) in [5, 5.41) is 7.28. The smallest absolute Gasteiger partial charge is 0.780 e. The number of halogens is 1. The Morgan fingerprint density at radius 2 is 1.75 bits per heavy atom. The summed E-state index contributed by atoms with van der Waals surface area (Å²) in [6.45, 7) is 4.20. The topological polar surface area (TPSA) is 162 Å². The second-order valence-corrected chi connectivity index (χ2v) is 13.1. The second-order valence-electron chi connectivity index (χ2n) is 11.6. The number of rotatable bonds is 10. The van der Waals surface area contributed by atoms with Crippen molar-refractivity contribution in [3.8, 4) is 5.75 Å². The molecule has 2 fully saturated rings. The van der Waals surface area contributed by atoms with E-state index in [0.717, 1.165) is 16.5 Å². The average Bonchev–Trinajstić information content (AvgIpc) is 3.07. The van der Waals surface area contributed by atoms with E-state index in [1.807, 2.05) is 36.4 Å². The Morgan fingerprint density at radius 3 is 2.43 bits per heavy atom. The van der Waals surface area contributed by atoms with Gasteiger partial charge in [0.15, 0.2) is 0 Å². The Morgan fingerprint density at radius 1 is 1.02 bits per heavy atom. The van der Waals surface area contributed by atoms with Gasteiger partial charge in [0.25, 0.3) is 0 Å². The summed E-state index contributed by atoms with van der Waals surface area (Å²) in [5.74, 6) is -0.882. The maximum Gasteiger partial charge on any atom is 1.00 e. The molecule has 6 rings (SSSR count). The zero-order chi connectivity index (χ0) is 34.7. The zero-order valence-corrected chi connectivity index (χ0v) is 33.8. The maximum absolute atomic E-state index is 14.4. The Labute approximate surface area is 344 Å². The van der Waals surface area contributed by atoms with Gasteiger partial charge in [-0.2, -0.15) is 0 Å². The zero-order valence-electron chi connectivity index (χ0n) is 28.2. The number of hydrogen-bond acceptors (Lipinski definition) is 9. The number of nitrogens with zero attached hydrogens (tertiary/aromatic N) is 5. The molecule has 0 spiro atoms. The Hall–Kier alpha value is -2.78. The number of carbonyl (C=O) groups excluding carboxylic acids is 3. The van der Waals surface area contributed by atoms with Crippen molar-refractivity contribution in [1.29, 1.82) is 0 Å². The van der Waals surface area contributed by atoms with Crippen molar-refractivity contribution >= 4 is 48.2 Å². The van der Waals surface area contributed by atoms with Gasteiger partial charge in [-0.15, -0.1) is 6.58 Å². The minimum absolute atomic E-state index is 0. The van der Waals surface area contributed by atoms with Crippen LogP contribution in [0, 0.1) is 0 Å². The predicted octanol–water partition coefficient (Wildman–Crippen LogP) is -3.16. The number of hydrogen-bond donors (Lipinski definition) is 1. The standard InChI is InChI=1S/C34H34ClN6O7P.2Na/c1-2-17-39-22-31(42)40-29(18-23-10-13-26(14-11-23)48-49(45,46)47)33(43)38(20-25-12-15-28(35)27-9-6-16-36-32(25)27)21-30(40)41(39)34(44)37-19-24-7-4-3-5-8-24;;/h2-16,29-30H,1,17-22H2,(H,37,44)(H2,45,46,47);;/q;2*+1/p-2/t29-,30-;;/m0../s1. The first-order chi connectivity index (χ1) is 23.5. The van der Waals surface area contributed by atoms with Gasteiger partial charge in [-0.3, -0.25) is 14.6 Å². The number of pyridine rings is 1. The number of benzene rings is 3. The molecule has 1 aromatic heterocycles. The van der Waals surface area contributed by atoms with E-state index in [1.165, 1.54) is 34.2 Å². The number of urea groups is 1. The van der Waals surface area contributed by atoms with Crippen molar-refractivity contribution in [3.05, 3.63) is 119 Å². The molecule has 4 amide bonds. The fourth-order valence-corrected chi connectivity index (χ4v) is 6.86. The molecule has 0 saturated carbocycles. The van der Waals surface area contributed by atoms with Crippen LogP contribution in [0.3, 0.4) is 0 Å². The molecule has 2 atom stereocenters. The van der Waals surface area contributed by atoms with Gasteiger partial charge in [0.1, 0.15) is 25.8 Å². The molecule has 1 N–H and O–H groups in total. The van der Waals surface area contributed by atoms with Crippen LogP contribution in [0.5, 0.6) is 5.75 Å². The third-order valence-electron chi connectivity index (χ3n) is 8.40. The monoisotopic (exact) mass is 748 g/mol. The number of amides is 4. The third-order valence-corrected chi connectivity index (χ3v) is 9.16. The summed E-state index contributed by atoms with van der Waals surface area (Å²) in [6.07, 6.45) is 2.38. The summed E-state index contributed by atoms with van der Waals surface area (Å²) >= 11 is 6.45. The van der Waals surface area contributed by atoms with E-state index in [0.29, 0.717) is 16.1 Å². The molecule has 4 aromatic rings. The van der Waals surface area contributed by atoms with Crippen LogP contribution in [0.25, 0.3) is 10.9 Å². The molecular weight excluding hydrogens is 717 g/mol. The van der Waals surface area contributed by atoms with Gasteiger partial charge >= 0.3 is 65.1 Å². The van der Waals surface area contributed by atoms with E-state index in [1.54, 1.807) is 40.4 Å². The molecule has 254 valence electrons. The van der Waals surface area contributed by atoms with E-state index >= 15 is 0 Å². The minimum atomic E-state index is -5.27. The quantitative estimate of drug-likeness (QED) is 0.100. The number of phosphoric ester groups is 1. The van der Waals surface area contributed by atoms with Crippen LogP contribution in [-0.4, -0.2) is 74.5 Å². The first-order valence-electron chi connectivity index (χ1n) is 15.4. The summed E-state index contributed by atoms with van der Waals surface area (Å²) in [6, 6.07) is 20.7. The van der Waals surface area contributed by atoms with Crippen molar-refractivity contribution in [3.63, 3.8) is 0 Å². The predicted molar refractivity (Wildman–Crippen MR) is 177 cm³/mol. The van der Waals surface area contributed by atoms with Gasteiger partial charge in [0, 0.05) is 42.7 Å². The van der Waals surface area contributed by atoms with Crippen molar-refractivity contribution in [2.24, 2.45) is 0 Å². The van der Waals surface area contributed by atoms with Crippen LogP contribution >= 0.6 is 19.4 Å². The molecule has 2 aliphatic heterocycles. The number of nitrogens with one attached hydrogen (secondary N) is 1. The molecule has 51 heavy (non-hydrogen) atoms. The first-order valence-corrected chi connectivity index (χ1v) is 17.3.